The van der Waals surface area contributed by atoms with Gasteiger partial charge in [-0.1, -0.05) is 72.3 Å². The van der Waals surface area contributed by atoms with Crippen molar-refractivity contribution in [1.82, 2.24) is 13.9 Å². The number of anilines is 1. The normalized spacial score (nSPS) is 22.4. The largest absolute Gasteiger partial charge is 0.507 e. The summed E-state index contributed by atoms with van der Waals surface area (Å²) in [6, 6.07) is 26.4. The summed E-state index contributed by atoms with van der Waals surface area (Å²) in [4.78, 5) is 59.6. The van der Waals surface area contributed by atoms with Gasteiger partial charge in [-0.05, 0) is 47.9 Å². The van der Waals surface area contributed by atoms with E-state index in [-0.39, 0.29) is 30.0 Å². The summed E-state index contributed by atoms with van der Waals surface area (Å²) in [7, 11) is 2.91. The standard InChI is InChI=1S/C38H31ClN4O7/c1-49-26-19-30(44)32(31(20-26)50-2)33-27-16-17-40-36(47)42(24-13-7-4-8-14-24)37(48)43(40)29(27)21-28-34(45)41(25-15-9-12-23(39)18-25)35(46)38(28,33)22-10-5-3-6-11-22/h3-16,18-20,28-29,33,44H,17,21H2,1-2H3. The molecule has 1 N–H and O–H groups in total. The molecule has 1 saturated carbocycles. The second kappa shape index (κ2) is 11.7. The highest BCUT2D eigenvalue weighted by atomic mass is 35.5. The summed E-state index contributed by atoms with van der Waals surface area (Å²) >= 11 is 6.38. The Balaban J connectivity index is 1.45. The summed E-state index contributed by atoms with van der Waals surface area (Å²) in [5.74, 6) is -2.78. The molecular formula is C38H31ClN4O7. The second-order valence-corrected chi connectivity index (χ2v) is 13.0. The molecule has 0 radical (unpaired) electrons. The van der Waals surface area contributed by atoms with Crippen LogP contribution in [0.3, 0.4) is 0 Å². The Hall–Kier alpha value is -5.81. The maximum atomic E-state index is 15.4. The molecule has 3 aliphatic rings. The first kappa shape index (κ1) is 31.5. The van der Waals surface area contributed by atoms with Crippen LogP contribution in [0.15, 0.2) is 118 Å². The van der Waals surface area contributed by atoms with Crippen molar-refractivity contribution in [2.75, 3.05) is 19.1 Å². The number of benzene rings is 4. The number of phenolic OH excluding ortho intramolecular Hbond substituents is 1. The van der Waals surface area contributed by atoms with Crippen LogP contribution in [0.5, 0.6) is 17.2 Å². The third-order valence-corrected chi connectivity index (χ3v) is 10.5. The van der Waals surface area contributed by atoms with Crippen molar-refractivity contribution in [3.8, 4) is 22.9 Å². The number of fused-ring (bicyclic) bond motifs is 4. The Morgan fingerprint density at radius 3 is 2.20 bits per heavy atom. The molecule has 1 aliphatic carbocycles. The number of imide groups is 1. The number of methoxy groups -OCH3 is 2. The summed E-state index contributed by atoms with van der Waals surface area (Å²) in [5.41, 5.74) is -0.655. The quantitative estimate of drug-likeness (QED) is 0.197. The predicted molar refractivity (Wildman–Crippen MR) is 186 cm³/mol. The van der Waals surface area contributed by atoms with E-state index in [0.29, 0.717) is 33.3 Å². The van der Waals surface area contributed by atoms with Gasteiger partial charge in [-0.25, -0.2) is 28.4 Å². The summed E-state index contributed by atoms with van der Waals surface area (Å²) in [6.45, 7) is 0.00511. The van der Waals surface area contributed by atoms with Crippen LogP contribution in [-0.4, -0.2) is 45.1 Å². The number of ether oxygens (including phenoxy) is 2. The molecule has 2 amide bonds. The van der Waals surface area contributed by atoms with E-state index in [4.69, 9.17) is 21.1 Å². The maximum absolute atomic E-state index is 15.4. The fourth-order valence-corrected chi connectivity index (χ4v) is 8.47. The lowest BCUT2D eigenvalue weighted by molar-refractivity contribution is -0.124. The molecule has 2 fully saturated rings. The molecular weight excluding hydrogens is 660 g/mol. The second-order valence-electron chi connectivity index (χ2n) is 12.6. The van der Waals surface area contributed by atoms with Crippen molar-refractivity contribution in [2.24, 2.45) is 5.92 Å². The molecule has 252 valence electrons. The van der Waals surface area contributed by atoms with Crippen molar-refractivity contribution in [3.05, 3.63) is 146 Å². The first-order chi connectivity index (χ1) is 24.2. The van der Waals surface area contributed by atoms with Gasteiger partial charge in [0.05, 0.1) is 49.5 Å². The van der Waals surface area contributed by atoms with Gasteiger partial charge >= 0.3 is 11.4 Å². The van der Waals surface area contributed by atoms with Gasteiger partial charge in [-0.15, -0.1) is 0 Å². The molecule has 1 aromatic heterocycles. The van der Waals surface area contributed by atoms with Crippen LogP contribution in [-0.2, 0) is 21.5 Å². The van der Waals surface area contributed by atoms with E-state index in [1.54, 1.807) is 84.9 Å². The zero-order valence-corrected chi connectivity index (χ0v) is 27.8. The van der Waals surface area contributed by atoms with Crippen molar-refractivity contribution < 1.29 is 24.2 Å². The Morgan fingerprint density at radius 2 is 1.52 bits per heavy atom. The van der Waals surface area contributed by atoms with E-state index in [2.05, 4.69) is 0 Å². The fourth-order valence-electron chi connectivity index (χ4n) is 8.28. The number of halogens is 1. The first-order valence-electron chi connectivity index (χ1n) is 16.1. The number of carbonyl (C=O) groups is 2. The van der Waals surface area contributed by atoms with Crippen LogP contribution in [0, 0.1) is 5.92 Å². The van der Waals surface area contributed by atoms with E-state index in [0.717, 1.165) is 9.47 Å². The predicted octanol–water partition coefficient (Wildman–Crippen LogP) is 4.97. The number of phenols is 1. The number of carbonyl (C=O) groups excluding carboxylic acids is 2. The number of allylic oxidation sites excluding steroid dienone is 2. The van der Waals surface area contributed by atoms with E-state index in [1.807, 2.05) is 12.1 Å². The Morgan fingerprint density at radius 1 is 0.820 bits per heavy atom. The van der Waals surface area contributed by atoms with Crippen molar-refractivity contribution in [2.45, 2.75) is 30.3 Å². The lowest BCUT2D eigenvalue weighted by Gasteiger charge is -2.49. The lowest BCUT2D eigenvalue weighted by Crippen LogP contribution is -2.53. The molecule has 8 rings (SSSR count). The number of hydrogen-bond donors (Lipinski definition) is 1. The van der Waals surface area contributed by atoms with Gasteiger partial charge in [-0.2, -0.15) is 0 Å². The van der Waals surface area contributed by atoms with Crippen LogP contribution < -0.4 is 25.8 Å². The van der Waals surface area contributed by atoms with E-state index >= 15 is 4.79 Å². The van der Waals surface area contributed by atoms with Crippen LogP contribution in [0.1, 0.15) is 29.5 Å². The highest BCUT2D eigenvalue weighted by Crippen LogP contribution is 2.64. The number of para-hydroxylation sites is 1. The van der Waals surface area contributed by atoms with Crippen LogP contribution in [0.4, 0.5) is 5.69 Å². The van der Waals surface area contributed by atoms with Gasteiger partial charge in [0.15, 0.2) is 0 Å². The minimum Gasteiger partial charge on any atom is -0.507 e. The topological polar surface area (TPSA) is 125 Å². The Labute approximate surface area is 290 Å². The number of nitrogens with zero attached hydrogens (tertiary/aromatic N) is 4. The van der Waals surface area contributed by atoms with Crippen molar-refractivity contribution in [3.63, 3.8) is 0 Å². The van der Waals surface area contributed by atoms with Gasteiger partial charge in [0, 0.05) is 28.6 Å². The monoisotopic (exact) mass is 690 g/mol. The molecule has 12 heteroatoms. The molecule has 0 spiro atoms. The van der Waals surface area contributed by atoms with E-state index in [9.17, 15) is 19.5 Å². The number of aromatic nitrogens is 3. The molecule has 4 atom stereocenters. The third kappa shape index (κ3) is 4.29. The zero-order valence-electron chi connectivity index (χ0n) is 27.0. The molecule has 2 aliphatic heterocycles. The smallest absolute Gasteiger partial charge is 0.352 e. The van der Waals surface area contributed by atoms with Crippen LogP contribution in [0.25, 0.3) is 5.69 Å². The molecule has 50 heavy (non-hydrogen) atoms. The van der Waals surface area contributed by atoms with Crippen molar-refractivity contribution >= 4 is 29.1 Å². The van der Waals surface area contributed by atoms with E-state index < -0.39 is 46.5 Å². The summed E-state index contributed by atoms with van der Waals surface area (Å²) in [6.07, 6.45) is 1.84. The lowest BCUT2D eigenvalue weighted by atomic mass is 9.53. The summed E-state index contributed by atoms with van der Waals surface area (Å²) < 4.78 is 15.2. The minimum absolute atomic E-state index is 0.00511. The zero-order chi connectivity index (χ0) is 34.9. The number of hydrogen-bond acceptors (Lipinski definition) is 7. The first-order valence-corrected chi connectivity index (χ1v) is 16.4. The van der Waals surface area contributed by atoms with Gasteiger partial charge in [0.25, 0.3) is 0 Å². The number of amides is 2. The molecule has 11 nitrogen and oxygen atoms in total. The SMILES string of the molecule is COc1cc(O)c(C2C3=CCn4c(=O)n(-c5ccccc5)c(=O)n4C3CC3C(=O)N(c4cccc(Cl)c4)C(=O)C32c2ccccc2)c(OC)c1. The van der Waals surface area contributed by atoms with Crippen molar-refractivity contribution in [1.29, 1.82) is 0 Å². The average molecular weight is 691 g/mol. The van der Waals surface area contributed by atoms with Gasteiger partial charge in [-0.3, -0.25) is 9.59 Å². The molecule has 3 heterocycles. The third-order valence-electron chi connectivity index (χ3n) is 10.3. The molecule has 4 unspecified atom stereocenters. The maximum Gasteiger partial charge on any atom is 0.352 e. The van der Waals surface area contributed by atoms with E-state index in [1.165, 1.54) is 29.6 Å². The van der Waals surface area contributed by atoms with Crippen LogP contribution in [0.2, 0.25) is 5.02 Å². The average Bonchev–Trinajstić information content (AvgIpc) is 3.52. The van der Waals surface area contributed by atoms with Crippen LogP contribution >= 0.6 is 11.6 Å². The Kier molecular flexibility index (Phi) is 7.34. The van der Waals surface area contributed by atoms with Gasteiger partial charge in [0.1, 0.15) is 17.2 Å². The van der Waals surface area contributed by atoms with Gasteiger partial charge in [0.2, 0.25) is 11.8 Å². The highest BCUT2D eigenvalue weighted by molar-refractivity contribution is 6.32. The summed E-state index contributed by atoms with van der Waals surface area (Å²) in [5, 5.41) is 12.2. The minimum atomic E-state index is -1.61. The number of rotatable bonds is 6. The molecule has 1 saturated heterocycles. The number of aromatic hydroxyl groups is 1. The highest BCUT2D eigenvalue weighted by Gasteiger charge is 2.69. The fraction of sp³-hybridized carbons (Fsp3) is 0.211. The molecule has 5 aromatic rings. The molecule has 4 aromatic carbocycles. The Bertz CT molecular complexity index is 2350. The van der Waals surface area contributed by atoms with Gasteiger partial charge < -0.3 is 14.6 Å². The molecule has 0 bridgehead atoms.